The van der Waals surface area contributed by atoms with Crippen molar-refractivity contribution in [3.05, 3.63) is 34.7 Å². The molecule has 142 valence electrons. The Morgan fingerprint density at radius 1 is 1.33 bits per heavy atom. The quantitative estimate of drug-likeness (QED) is 0.664. The molecule has 3 aromatic heterocycles. The minimum absolute atomic E-state index is 0.148. The van der Waals surface area contributed by atoms with Gasteiger partial charge in [0.15, 0.2) is 5.78 Å². The van der Waals surface area contributed by atoms with Gasteiger partial charge < -0.3 is 9.88 Å². The summed E-state index contributed by atoms with van der Waals surface area (Å²) in [5, 5.41) is 0.891. The van der Waals surface area contributed by atoms with Crippen molar-refractivity contribution in [1.82, 2.24) is 19.3 Å². The highest BCUT2D eigenvalue weighted by Crippen LogP contribution is 2.32. The Bertz CT molecular complexity index is 981. The molecular weight excluding hydrogens is 379 g/mol. The number of Topliss-reactive ketones (excluding diaryl/α,β-unsaturated/α-hetero) is 1. The molecule has 0 bridgehead atoms. The van der Waals surface area contributed by atoms with Crippen molar-refractivity contribution in [3.63, 3.8) is 0 Å². The molecule has 0 fully saturated rings. The third kappa shape index (κ3) is 3.66. The number of hydrogen-bond donors (Lipinski definition) is 1. The van der Waals surface area contributed by atoms with Gasteiger partial charge in [0, 0.05) is 49.0 Å². The molecule has 0 aliphatic carbocycles. The van der Waals surface area contributed by atoms with Crippen molar-refractivity contribution in [3.8, 4) is 0 Å². The third-order valence-electron chi connectivity index (χ3n) is 4.59. The van der Waals surface area contributed by atoms with Crippen LogP contribution in [0, 0.1) is 0 Å². The summed E-state index contributed by atoms with van der Waals surface area (Å²) in [4.78, 5) is 27.1. The van der Waals surface area contributed by atoms with Gasteiger partial charge in [0.1, 0.15) is 23.5 Å². The maximum atomic E-state index is 12.4. The van der Waals surface area contributed by atoms with E-state index in [1.54, 1.807) is 6.20 Å². The number of H-pyrrole nitrogens is 1. The van der Waals surface area contributed by atoms with Gasteiger partial charge in [-0.2, -0.15) is 17.5 Å². The number of ketones is 1. The molecule has 1 aliphatic heterocycles. The van der Waals surface area contributed by atoms with E-state index in [9.17, 15) is 18.0 Å². The van der Waals surface area contributed by atoms with Gasteiger partial charge in [0.05, 0.1) is 5.39 Å². The van der Waals surface area contributed by atoms with E-state index >= 15 is 0 Å². The van der Waals surface area contributed by atoms with Crippen LogP contribution in [0.4, 0.5) is 19.0 Å². The molecule has 10 heteroatoms. The number of carbonyl (C=O) groups excluding carboxylic acids is 1. The van der Waals surface area contributed by atoms with Crippen molar-refractivity contribution in [2.75, 3.05) is 11.4 Å². The van der Waals surface area contributed by atoms with Crippen LogP contribution in [0.3, 0.4) is 0 Å². The van der Waals surface area contributed by atoms with E-state index in [1.807, 2.05) is 6.07 Å². The number of fused-ring (bicyclic) bond motifs is 2. The van der Waals surface area contributed by atoms with Gasteiger partial charge in [0.25, 0.3) is 0 Å². The second-order valence-corrected chi connectivity index (χ2v) is 7.29. The van der Waals surface area contributed by atoms with Crippen molar-refractivity contribution < 1.29 is 18.0 Å². The Balaban J connectivity index is 1.53. The lowest BCUT2D eigenvalue weighted by atomic mass is 10.0. The van der Waals surface area contributed by atoms with Crippen LogP contribution < -0.4 is 4.90 Å². The summed E-state index contributed by atoms with van der Waals surface area (Å²) in [7, 11) is 0. The number of alkyl halides is 3. The number of aromatic nitrogens is 4. The van der Waals surface area contributed by atoms with E-state index in [-0.39, 0.29) is 18.6 Å². The Labute approximate surface area is 156 Å². The minimum Gasteiger partial charge on any atom is -0.351 e. The fourth-order valence-corrected chi connectivity index (χ4v) is 4.15. The first-order chi connectivity index (χ1) is 12.9. The first-order valence-corrected chi connectivity index (χ1v) is 9.30. The van der Waals surface area contributed by atoms with Crippen molar-refractivity contribution in [2.45, 2.75) is 38.4 Å². The highest BCUT2D eigenvalue weighted by molar-refractivity contribution is 7.06. The van der Waals surface area contributed by atoms with E-state index in [0.29, 0.717) is 12.2 Å². The second-order valence-electron chi connectivity index (χ2n) is 6.43. The molecule has 0 radical (unpaired) electrons. The van der Waals surface area contributed by atoms with Gasteiger partial charge in [0.2, 0.25) is 0 Å². The summed E-state index contributed by atoms with van der Waals surface area (Å²) in [6.45, 7) is 1.19. The molecule has 0 atom stereocenters. The maximum absolute atomic E-state index is 12.4. The average Bonchev–Trinajstić information content (AvgIpc) is 3.26. The summed E-state index contributed by atoms with van der Waals surface area (Å²) in [6, 6.07) is 1.90. The number of aromatic amines is 1. The highest BCUT2D eigenvalue weighted by Gasteiger charge is 2.29. The van der Waals surface area contributed by atoms with Crippen LogP contribution in [0.15, 0.2) is 18.6 Å². The second kappa shape index (κ2) is 6.91. The average molecular weight is 395 g/mol. The zero-order valence-electron chi connectivity index (χ0n) is 14.2. The molecule has 4 heterocycles. The Morgan fingerprint density at radius 3 is 3.00 bits per heavy atom. The molecule has 0 saturated heterocycles. The van der Waals surface area contributed by atoms with E-state index in [1.165, 1.54) is 17.9 Å². The summed E-state index contributed by atoms with van der Waals surface area (Å²) < 4.78 is 41.2. The molecule has 3 aromatic rings. The number of rotatable bonds is 5. The van der Waals surface area contributed by atoms with Crippen LogP contribution >= 0.6 is 11.5 Å². The smallest absolute Gasteiger partial charge is 0.351 e. The largest absolute Gasteiger partial charge is 0.389 e. The van der Waals surface area contributed by atoms with Gasteiger partial charge in [-0.25, -0.2) is 9.97 Å². The summed E-state index contributed by atoms with van der Waals surface area (Å²) in [5.74, 6) is 0.446. The standard InChI is InChI=1S/C17H16F3N5OS/c18-17(19,20)5-1-2-12(26)14-11-8-25(7-4-13(11)27-24-14)16-10-3-6-21-15(10)22-9-23-16/h3,6,9H,1-2,4-5,7-8H2,(H,21,22,23). The van der Waals surface area contributed by atoms with Crippen LogP contribution in [0.5, 0.6) is 0 Å². The molecule has 6 nitrogen and oxygen atoms in total. The predicted molar refractivity (Wildman–Crippen MR) is 95.0 cm³/mol. The first-order valence-electron chi connectivity index (χ1n) is 8.53. The fourth-order valence-electron chi connectivity index (χ4n) is 3.29. The van der Waals surface area contributed by atoms with E-state index < -0.39 is 12.6 Å². The van der Waals surface area contributed by atoms with Crippen molar-refractivity contribution >= 4 is 34.2 Å². The molecule has 4 rings (SSSR count). The molecule has 0 amide bonds. The van der Waals surface area contributed by atoms with Crippen molar-refractivity contribution in [1.29, 1.82) is 0 Å². The normalized spacial score (nSPS) is 14.6. The number of nitrogens with one attached hydrogen (secondary N) is 1. The minimum atomic E-state index is -4.24. The zero-order valence-corrected chi connectivity index (χ0v) is 15.0. The number of hydrogen-bond acceptors (Lipinski definition) is 6. The molecular formula is C17H16F3N5OS. The van der Waals surface area contributed by atoms with Gasteiger partial charge >= 0.3 is 6.18 Å². The topological polar surface area (TPSA) is 74.8 Å². The van der Waals surface area contributed by atoms with Crippen molar-refractivity contribution in [2.24, 2.45) is 0 Å². The number of halogens is 3. The molecule has 1 aliphatic rings. The fraction of sp³-hybridized carbons (Fsp3) is 0.412. The van der Waals surface area contributed by atoms with Gasteiger partial charge in [-0.15, -0.1) is 0 Å². The number of anilines is 1. The van der Waals surface area contributed by atoms with Crippen LogP contribution in [0.1, 0.15) is 40.2 Å². The Kier molecular flexibility index (Phi) is 4.58. The molecule has 0 saturated carbocycles. The summed E-state index contributed by atoms with van der Waals surface area (Å²) in [5.41, 5.74) is 1.85. The van der Waals surface area contributed by atoms with Crippen LogP contribution in [0.25, 0.3) is 11.0 Å². The first kappa shape index (κ1) is 17.9. The lowest BCUT2D eigenvalue weighted by Crippen LogP contribution is -2.31. The summed E-state index contributed by atoms with van der Waals surface area (Å²) in [6.07, 6.45) is -1.56. The Hall–Kier alpha value is -2.49. The number of nitrogens with zero attached hydrogens (tertiary/aromatic N) is 4. The van der Waals surface area contributed by atoms with Gasteiger partial charge in [-0.1, -0.05) is 0 Å². The van der Waals surface area contributed by atoms with Gasteiger partial charge in [-0.05, 0) is 24.0 Å². The SMILES string of the molecule is O=C(CCCC(F)(F)F)c1nsc2c1CN(c1ncnc3[nH]ccc13)CC2. The van der Waals surface area contributed by atoms with E-state index in [0.717, 1.165) is 40.3 Å². The molecule has 1 N–H and O–H groups in total. The lowest BCUT2D eigenvalue weighted by Gasteiger charge is -2.28. The monoisotopic (exact) mass is 395 g/mol. The number of carbonyl (C=O) groups is 1. The van der Waals surface area contributed by atoms with Crippen LogP contribution in [0.2, 0.25) is 0 Å². The van der Waals surface area contributed by atoms with E-state index in [2.05, 4.69) is 24.2 Å². The zero-order chi connectivity index (χ0) is 19.0. The van der Waals surface area contributed by atoms with Crippen LogP contribution in [-0.4, -0.2) is 37.8 Å². The summed E-state index contributed by atoms with van der Waals surface area (Å²) >= 11 is 1.26. The molecule has 27 heavy (non-hydrogen) atoms. The third-order valence-corrected chi connectivity index (χ3v) is 5.53. The maximum Gasteiger partial charge on any atom is 0.389 e. The molecule has 0 aromatic carbocycles. The highest BCUT2D eigenvalue weighted by atomic mass is 32.1. The molecule has 0 unspecified atom stereocenters. The molecule has 0 spiro atoms. The lowest BCUT2D eigenvalue weighted by molar-refractivity contribution is -0.135. The van der Waals surface area contributed by atoms with E-state index in [4.69, 9.17) is 0 Å². The van der Waals surface area contributed by atoms with Gasteiger partial charge in [-0.3, -0.25) is 4.79 Å². The van der Waals surface area contributed by atoms with Crippen LogP contribution in [-0.2, 0) is 13.0 Å². The predicted octanol–water partition coefficient (Wildman–Crippen LogP) is 3.89. The Morgan fingerprint density at radius 2 is 2.19 bits per heavy atom.